The fraction of sp³-hybridized carbons (Fsp3) is 0.389. The van der Waals surface area contributed by atoms with Crippen LogP contribution in [0.2, 0.25) is 0 Å². The minimum atomic E-state index is -3.74. The summed E-state index contributed by atoms with van der Waals surface area (Å²) < 4.78 is 26.9. The van der Waals surface area contributed by atoms with Crippen molar-refractivity contribution < 1.29 is 13.2 Å². The van der Waals surface area contributed by atoms with E-state index in [4.69, 9.17) is 5.73 Å². The quantitative estimate of drug-likeness (QED) is 0.663. The predicted molar refractivity (Wildman–Crippen MR) is 111 cm³/mol. The van der Waals surface area contributed by atoms with E-state index in [-0.39, 0.29) is 22.0 Å². The van der Waals surface area contributed by atoms with E-state index in [2.05, 4.69) is 4.98 Å². The first-order chi connectivity index (χ1) is 13.5. The number of rotatable bonds is 7. The largest absolute Gasteiger partial charge is 0.383 e. The van der Waals surface area contributed by atoms with Crippen molar-refractivity contribution in [1.29, 1.82) is 0 Å². The number of carbonyl (C=O) groups excluding carboxylic acids is 1. The highest BCUT2D eigenvalue weighted by Gasteiger charge is 2.24. The average molecular weight is 423 g/mol. The molecule has 1 aromatic carbocycles. The SMILES string of the molecule is CCCCn1c(N)c(N(C)C(=O)c2cccc(S(=O)(=O)N(C)C)c2)c(=O)[nH]c1=O. The zero-order valence-corrected chi connectivity index (χ0v) is 17.6. The maximum absolute atomic E-state index is 12.9. The monoisotopic (exact) mass is 423 g/mol. The summed E-state index contributed by atoms with van der Waals surface area (Å²) in [6.45, 7) is 2.24. The van der Waals surface area contributed by atoms with E-state index < -0.39 is 27.2 Å². The lowest BCUT2D eigenvalue weighted by Crippen LogP contribution is -2.39. The van der Waals surface area contributed by atoms with Crippen LogP contribution in [0.3, 0.4) is 0 Å². The lowest BCUT2D eigenvalue weighted by Gasteiger charge is -2.21. The van der Waals surface area contributed by atoms with Crippen LogP contribution in [0.25, 0.3) is 0 Å². The molecule has 0 atom stereocenters. The van der Waals surface area contributed by atoms with Gasteiger partial charge in [0, 0.05) is 33.3 Å². The Hall–Kier alpha value is -2.92. The van der Waals surface area contributed by atoms with Crippen LogP contribution in [0.1, 0.15) is 30.1 Å². The Bertz CT molecular complexity index is 1130. The summed E-state index contributed by atoms with van der Waals surface area (Å²) in [7, 11) is 0.370. The fourth-order valence-corrected chi connectivity index (χ4v) is 3.68. The van der Waals surface area contributed by atoms with Gasteiger partial charge in [-0.15, -0.1) is 0 Å². The Labute approximate surface area is 168 Å². The maximum atomic E-state index is 12.9. The number of unbranched alkanes of at least 4 members (excludes halogenated alkanes) is 1. The number of aromatic nitrogens is 2. The molecule has 0 spiro atoms. The van der Waals surface area contributed by atoms with Crippen LogP contribution < -0.4 is 21.9 Å². The molecule has 1 heterocycles. The Morgan fingerprint density at radius 3 is 2.45 bits per heavy atom. The van der Waals surface area contributed by atoms with Crippen molar-refractivity contribution in [3.8, 4) is 0 Å². The van der Waals surface area contributed by atoms with Gasteiger partial charge in [-0.2, -0.15) is 0 Å². The number of anilines is 2. The number of nitrogens with zero attached hydrogens (tertiary/aromatic N) is 3. The van der Waals surface area contributed by atoms with Gasteiger partial charge in [0.1, 0.15) is 5.82 Å². The number of nitrogens with two attached hydrogens (primary N) is 1. The van der Waals surface area contributed by atoms with E-state index >= 15 is 0 Å². The van der Waals surface area contributed by atoms with Crippen LogP contribution in [0.5, 0.6) is 0 Å². The Morgan fingerprint density at radius 2 is 1.86 bits per heavy atom. The highest BCUT2D eigenvalue weighted by molar-refractivity contribution is 7.89. The number of carbonyl (C=O) groups is 1. The molecule has 0 bridgehead atoms. The van der Waals surface area contributed by atoms with Gasteiger partial charge in [0.2, 0.25) is 10.0 Å². The standard InChI is InChI=1S/C18H25N5O5S/c1-5-6-10-23-15(19)14(16(24)20-18(23)26)22(4)17(25)12-8-7-9-13(11-12)29(27,28)21(2)3/h7-9,11H,5-6,10,19H2,1-4H3,(H,20,24,26). The smallest absolute Gasteiger partial charge is 0.330 e. The molecule has 0 aliphatic carbocycles. The molecule has 158 valence electrons. The number of hydrogen-bond donors (Lipinski definition) is 2. The molecule has 0 radical (unpaired) electrons. The summed E-state index contributed by atoms with van der Waals surface area (Å²) >= 11 is 0. The molecule has 10 nitrogen and oxygen atoms in total. The van der Waals surface area contributed by atoms with Crippen LogP contribution in [-0.4, -0.2) is 49.3 Å². The van der Waals surface area contributed by atoms with Crippen molar-refractivity contribution in [2.75, 3.05) is 31.8 Å². The summed E-state index contributed by atoms with van der Waals surface area (Å²) in [4.78, 5) is 40.4. The van der Waals surface area contributed by atoms with Gasteiger partial charge in [0.05, 0.1) is 4.90 Å². The van der Waals surface area contributed by atoms with Crippen LogP contribution in [0.4, 0.5) is 11.5 Å². The average Bonchev–Trinajstić information content (AvgIpc) is 2.66. The summed E-state index contributed by atoms with van der Waals surface area (Å²) in [5, 5.41) is 0. The molecular weight excluding hydrogens is 398 g/mol. The number of aromatic amines is 1. The summed E-state index contributed by atoms with van der Waals surface area (Å²) in [6.07, 6.45) is 1.47. The number of hydrogen-bond acceptors (Lipinski definition) is 6. The van der Waals surface area contributed by atoms with Crippen molar-refractivity contribution in [1.82, 2.24) is 13.9 Å². The van der Waals surface area contributed by atoms with Crippen LogP contribution >= 0.6 is 0 Å². The van der Waals surface area contributed by atoms with E-state index in [1.165, 1.54) is 50.0 Å². The molecule has 0 saturated carbocycles. The second kappa shape index (κ2) is 8.62. The van der Waals surface area contributed by atoms with Gasteiger partial charge in [-0.05, 0) is 24.6 Å². The molecule has 0 unspecified atom stereocenters. The minimum absolute atomic E-state index is 0.0560. The highest BCUT2D eigenvalue weighted by atomic mass is 32.2. The minimum Gasteiger partial charge on any atom is -0.383 e. The summed E-state index contributed by atoms with van der Waals surface area (Å²) in [6, 6.07) is 5.47. The second-order valence-electron chi connectivity index (χ2n) is 6.68. The van der Waals surface area contributed by atoms with Gasteiger partial charge in [-0.3, -0.25) is 19.1 Å². The number of benzene rings is 1. The van der Waals surface area contributed by atoms with E-state index in [0.29, 0.717) is 13.0 Å². The van der Waals surface area contributed by atoms with Crippen molar-refractivity contribution in [2.24, 2.45) is 0 Å². The lowest BCUT2D eigenvalue weighted by atomic mass is 10.2. The number of amides is 1. The number of nitrogens with one attached hydrogen (secondary N) is 1. The number of nitrogen functional groups attached to an aromatic ring is 1. The Kier molecular flexibility index (Phi) is 6.65. The molecule has 0 aliphatic heterocycles. The van der Waals surface area contributed by atoms with Gasteiger partial charge >= 0.3 is 5.69 Å². The third-order valence-corrected chi connectivity index (χ3v) is 6.26. The zero-order chi connectivity index (χ0) is 21.9. The molecule has 0 fully saturated rings. The summed E-state index contributed by atoms with van der Waals surface area (Å²) in [5.74, 6) is -0.765. The molecule has 2 aromatic rings. The predicted octanol–water partition coefficient (Wildman–Crippen LogP) is 0.446. The van der Waals surface area contributed by atoms with E-state index in [1.54, 1.807) is 0 Å². The third kappa shape index (κ3) is 4.40. The molecule has 11 heteroatoms. The van der Waals surface area contributed by atoms with Crippen LogP contribution in [0.15, 0.2) is 38.8 Å². The van der Waals surface area contributed by atoms with E-state index in [1.807, 2.05) is 6.92 Å². The molecule has 3 N–H and O–H groups in total. The van der Waals surface area contributed by atoms with Crippen molar-refractivity contribution in [2.45, 2.75) is 31.2 Å². The number of H-pyrrole nitrogens is 1. The van der Waals surface area contributed by atoms with Gasteiger partial charge < -0.3 is 10.6 Å². The molecular formula is C18H25N5O5S. The third-order valence-electron chi connectivity index (χ3n) is 4.45. The molecule has 0 saturated heterocycles. The zero-order valence-electron chi connectivity index (χ0n) is 16.8. The molecule has 2 rings (SSSR count). The van der Waals surface area contributed by atoms with Crippen molar-refractivity contribution in [3.63, 3.8) is 0 Å². The molecule has 29 heavy (non-hydrogen) atoms. The first kappa shape index (κ1) is 22.4. The van der Waals surface area contributed by atoms with Crippen LogP contribution in [0, 0.1) is 0 Å². The highest BCUT2D eigenvalue weighted by Crippen LogP contribution is 2.20. The molecule has 0 aliphatic rings. The van der Waals surface area contributed by atoms with Crippen molar-refractivity contribution >= 4 is 27.4 Å². The van der Waals surface area contributed by atoms with E-state index in [9.17, 15) is 22.8 Å². The lowest BCUT2D eigenvalue weighted by molar-refractivity contribution is 0.0992. The van der Waals surface area contributed by atoms with Gasteiger partial charge in [0.25, 0.3) is 11.5 Å². The molecule has 1 amide bonds. The van der Waals surface area contributed by atoms with Crippen LogP contribution in [-0.2, 0) is 16.6 Å². The van der Waals surface area contributed by atoms with Crippen molar-refractivity contribution in [3.05, 3.63) is 50.7 Å². The van der Waals surface area contributed by atoms with Gasteiger partial charge in [-0.25, -0.2) is 17.5 Å². The fourth-order valence-electron chi connectivity index (χ4n) is 2.74. The first-order valence-electron chi connectivity index (χ1n) is 8.95. The van der Waals surface area contributed by atoms with Gasteiger partial charge in [-0.1, -0.05) is 19.4 Å². The number of sulfonamides is 1. The topological polar surface area (TPSA) is 139 Å². The first-order valence-corrected chi connectivity index (χ1v) is 10.4. The summed E-state index contributed by atoms with van der Waals surface area (Å²) in [5.41, 5.74) is 4.46. The van der Waals surface area contributed by atoms with E-state index in [0.717, 1.165) is 15.6 Å². The van der Waals surface area contributed by atoms with Gasteiger partial charge in [0.15, 0.2) is 5.69 Å². The Morgan fingerprint density at radius 1 is 1.21 bits per heavy atom. The molecule has 1 aromatic heterocycles. The second-order valence-corrected chi connectivity index (χ2v) is 8.83. The Balaban J connectivity index is 2.51. The maximum Gasteiger partial charge on any atom is 0.330 e. The normalized spacial score (nSPS) is 11.6.